The van der Waals surface area contributed by atoms with Gasteiger partial charge >= 0.3 is 0 Å². The molecule has 0 aliphatic carbocycles. The first-order valence-corrected chi connectivity index (χ1v) is 19.8. The third kappa shape index (κ3) is 6.01. The minimum Gasteiger partial charge on any atom is -0.456 e. The highest BCUT2D eigenvalue weighted by Gasteiger charge is 2.17. The molecule has 11 rings (SSSR count). The summed E-state index contributed by atoms with van der Waals surface area (Å²) in [5.41, 5.74) is 15.9. The van der Waals surface area contributed by atoms with Crippen molar-refractivity contribution in [3.63, 3.8) is 0 Å². The minimum absolute atomic E-state index is 0.637. The Hall–Kier alpha value is -8.13. The number of aromatic nitrogens is 1. The first-order valence-electron chi connectivity index (χ1n) is 19.8. The van der Waals surface area contributed by atoms with Crippen LogP contribution >= 0.6 is 0 Å². The molecule has 59 heavy (non-hydrogen) atoms. The summed E-state index contributed by atoms with van der Waals surface area (Å²) in [6.45, 7) is 7.40. The molecule has 0 fully saturated rings. The van der Waals surface area contributed by atoms with Crippen LogP contribution in [0.1, 0.15) is 0 Å². The molecule has 0 unspecified atom stereocenters. The van der Waals surface area contributed by atoms with Crippen molar-refractivity contribution in [2.75, 3.05) is 4.90 Å². The van der Waals surface area contributed by atoms with Gasteiger partial charge in [0.2, 0.25) is 0 Å². The third-order valence-corrected chi connectivity index (χ3v) is 11.4. The van der Waals surface area contributed by atoms with E-state index >= 15 is 0 Å². The molecule has 11 aromatic rings. The van der Waals surface area contributed by atoms with Crippen LogP contribution in [0.3, 0.4) is 0 Å². The quantitative estimate of drug-likeness (QED) is 0.151. The SMILES string of the molecule is [C-]#[N+]c1ccc(-n2c3ccccc3c3cc(-c4ccc(N(c5ccc(-c6ccccc6)cc5)c5ccc(-c6ccc7oc8ccccc8c7c6)cc5)cc4)ccc32)cc1. The van der Waals surface area contributed by atoms with Crippen molar-refractivity contribution in [2.45, 2.75) is 0 Å². The maximum absolute atomic E-state index is 7.40. The van der Waals surface area contributed by atoms with E-state index in [-0.39, 0.29) is 0 Å². The average molecular weight is 754 g/mol. The molecule has 9 aromatic carbocycles. The van der Waals surface area contributed by atoms with E-state index in [2.05, 4.69) is 190 Å². The van der Waals surface area contributed by atoms with Gasteiger partial charge in [-0.15, -0.1) is 0 Å². The van der Waals surface area contributed by atoms with Crippen LogP contribution in [0.4, 0.5) is 22.7 Å². The van der Waals surface area contributed by atoms with Gasteiger partial charge in [0.15, 0.2) is 5.69 Å². The Morgan fingerprint density at radius 2 is 0.847 bits per heavy atom. The highest BCUT2D eigenvalue weighted by molar-refractivity contribution is 6.10. The fourth-order valence-corrected chi connectivity index (χ4v) is 8.50. The van der Waals surface area contributed by atoms with Gasteiger partial charge in [-0.05, 0) is 118 Å². The highest BCUT2D eigenvalue weighted by atomic mass is 16.3. The summed E-state index contributed by atoms with van der Waals surface area (Å²) in [4.78, 5) is 5.92. The van der Waals surface area contributed by atoms with E-state index in [1.54, 1.807) is 0 Å². The largest absolute Gasteiger partial charge is 0.456 e. The number of furan rings is 1. The summed E-state index contributed by atoms with van der Waals surface area (Å²) < 4.78 is 8.40. The fraction of sp³-hybridized carbons (Fsp3) is 0. The summed E-state index contributed by atoms with van der Waals surface area (Å²) in [5, 5.41) is 4.64. The number of nitrogens with zero attached hydrogens (tertiary/aromatic N) is 3. The van der Waals surface area contributed by atoms with Crippen LogP contribution in [0.5, 0.6) is 0 Å². The fourth-order valence-electron chi connectivity index (χ4n) is 8.50. The number of rotatable bonds is 7. The van der Waals surface area contributed by atoms with Crippen molar-refractivity contribution >= 4 is 66.5 Å². The highest BCUT2D eigenvalue weighted by Crippen LogP contribution is 2.40. The smallest absolute Gasteiger partial charge is 0.187 e. The van der Waals surface area contributed by atoms with E-state index in [4.69, 9.17) is 11.0 Å². The normalized spacial score (nSPS) is 11.4. The van der Waals surface area contributed by atoms with Crippen molar-refractivity contribution < 1.29 is 4.42 Å². The second-order valence-electron chi connectivity index (χ2n) is 14.9. The van der Waals surface area contributed by atoms with Crippen LogP contribution in [0.15, 0.2) is 217 Å². The first kappa shape index (κ1) is 34.1. The lowest BCUT2D eigenvalue weighted by Gasteiger charge is -2.26. The molecule has 0 aliphatic heterocycles. The zero-order valence-corrected chi connectivity index (χ0v) is 32.0. The Labute approximate surface area is 341 Å². The second kappa shape index (κ2) is 14.1. The van der Waals surface area contributed by atoms with Crippen molar-refractivity contribution in [1.29, 1.82) is 0 Å². The van der Waals surface area contributed by atoms with Gasteiger partial charge in [-0.3, -0.25) is 0 Å². The molecule has 2 aromatic heterocycles. The molecule has 276 valence electrons. The van der Waals surface area contributed by atoms with Crippen LogP contribution in [0.2, 0.25) is 0 Å². The van der Waals surface area contributed by atoms with Crippen LogP contribution in [-0.2, 0) is 0 Å². The average Bonchev–Trinajstić information content (AvgIpc) is 3.85. The molecule has 4 nitrogen and oxygen atoms in total. The molecule has 0 spiro atoms. The van der Waals surface area contributed by atoms with E-state index in [9.17, 15) is 0 Å². The van der Waals surface area contributed by atoms with Gasteiger partial charge in [0.1, 0.15) is 11.2 Å². The third-order valence-electron chi connectivity index (χ3n) is 11.4. The molecular formula is C55H35N3O. The molecular weight excluding hydrogens is 719 g/mol. The van der Waals surface area contributed by atoms with Crippen molar-refractivity contribution in [3.8, 4) is 39.1 Å². The van der Waals surface area contributed by atoms with Gasteiger partial charge in [0.05, 0.1) is 17.6 Å². The number of anilines is 3. The zero-order chi connectivity index (χ0) is 39.3. The minimum atomic E-state index is 0.637. The van der Waals surface area contributed by atoms with E-state index in [0.29, 0.717) is 5.69 Å². The molecule has 0 saturated heterocycles. The summed E-state index contributed by atoms with van der Waals surface area (Å²) >= 11 is 0. The first-order chi connectivity index (χ1) is 29.2. The van der Waals surface area contributed by atoms with Crippen LogP contribution in [0, 0.1) is 6.57 Å². The van der Waals surface area contributed by atoms with E-state index in [1.165, 1.54) is 21.9 Å². The Morgan fingerprint density at radius 3 is 1.49 bits per heavy atom. The Morgan fingerprint density at radius 1 is 0.373 bits per heavy atom. The molecule has 2 heterocycles. The van der Waals surface area contributed by atoms with Gasteiger partial charge in [0, 0.05) is 44.3 Å². The maximum atomic E-state index is 7.40. The second-order valence-corrected chi connectivity index (χ2v) is 14.9. The van der Waals surface area contributed by atoms with E-state index in [0.717, 1.165) is 78.0 Å². The predicted molar refractivity (Wildman–Crippen MR) is 245 cm³/mol. The molecule has 0 radical (unpaired) electrons. The van der Waals surface area contributed by atoms with Crippen molar-refractivity contribution in [1.82, 2.24) is 4.57 Å². The lowest BCUT2D eigenvalue weighted by Crippen LogP contribution is -2.09. The molecule has 0 atom stereocenters. The number of benzene rings is 9. The Kier molecular flexibility index (Phi) is 8.17. The van der Waals surface area contributed by atoms with Gasteiger partial charge in [-0.2, -0.15) is 0 Å². The maximum Gasteiger partial charge on any atom is 0.187 e. The number of fused-ring (bicyclic) bond motifs is 6. The van der Waals surface area contributed by atoms with Gasteiger partial charge in [-0.1, -0.05) is 127 Å². The van der Waals surface area contributed by atoms with Crippen LogP contribution in [0.25, 0.3) is 87.7 Å². The molecule has 0 amide bonds. The molecule has 4 heteroatoms. The summed E-state index contributed by atoms with van der Waals surface area (Å²) in [7, 11) is 0. The van der Waals surface area contributed by atoms with Gasteiger partial charge < -0.3 is 13.9 Å². The van der Waals surface area contributed by atoms with Gasteiger partial charge in [0.25, 0.3) is 0 Å². The number of para-hydroxylation sites is 2. The Balaban J connectivity index is 0.965. The van der Waals surface area contributed by atoms with Crippen LogP contribution < -0.4 is 4.90 Å². The van der Waals surface area contributed by atoms with Crippen molar-refractivity contribution in [2.24, 2.45) is 0 Å². The van der Waals surface area contributed by atoms with Gasteiger partial charge in [-0.25, -0.2) is 4.85 Å². The number of hydrogen-bond acceptors (Lipinski definition) is 2. The lowest BCUT2D eigenvalue weighted by atomic mass is 10.0. The van der Waals surface area contributed by atoms with Crippen LogP contribution in [-0.4, -0.2) is 4.57 Å². The zero-order valence-electron chi connectivity index (χ0n) is 32.0. The number of hydrogen-bond donors (Lipinski definition) is 0. The van der Waals surface area contributed by atoms with E-state index < -0.39 is 0 Å². The lowest BCUT2D eigenvalue weighted by molar-refractivity contribution is 0.669. The molecule has 0 saturated carbocycles. The molecule has 0 bridgehead atoms. The topological polar surface area (TPSA) is 25.7 Å². The molecule has 0 aliphatic rings. The van der Waals surface area contributed by atoms with E-state index in [1.807, 2.05) is 36.4 Å². The monoisotopic (exact) mass is 753 g/mol. The Bertz CT molecular complexity index is 3350. The standard InChI is InChI=1S/C55H35N3O/c1-56-43-23-31-47(32-24-43)58-52-13-7-5-11-48(52)50-35-41(21-33-53(50)58)39-17-27-45(28-18-39)57(44-25-15-38(16-26-44)37-9-3-2-4-10-37)46-29-19-40(20-30-46)42-22-34-55-51(36-42)49-12-6-8-14-54(49)59-55/h2-36H. The van der Waals surface area contributed by atoms with Crippen molar-refractivity contribution in [3.05, 3.63) is 224 Å². The summed E-state index contributed by atoms with van der Waals surface area (Å²) in [5.74, 6) is 0. The summed E-state index contributed by atoms with van der Waals surface area (Å²) in [6, 6.07) is 74.9. The predicted octanol–water partition coefficient (Wildman–Crippen LogP) is 15.7. The molecule has 0 N–H and O–H groups in total. The summed E-state index contributed by atoms with van der Waals surface area (Å²) in [6.07, 6.45) is 0.